The van der Waals surface area contributed by atoms with Gasteiger partial charge in [0.15, 0.2) is 10.6 Å². The first-order chi connectivity index (χ1) is 12.6. The van der Waals surface area contributed by atoms with Gasteiger partial charge in [-0.1, -0.05) is 18.2 Å². The molecule has 0 bridgehead atoms. The maximum Gasteiger partial charge on any atom is 0.321 e. The molecule has 0 aliphatic carbocycles. The molecule has 9 heteroatoms. The molecule has 1 atom stereocenters. The fraction of sp³-hybridized carbons (Fsp3) is 0.294. The van der Waals surface area contributed by atoms with E-state index in [2.05, 4.69) is 32.1 Å². The maximum atomic E-state index is 12.5. The fourth-order valence-electron chi connectivity index (χ4n) is 3.14. The molecule has 3 N–H and O–H groups in total. The number of nitrogens with one attached hydrogen (secondary N) is 1. The number of carbonyl (C=O) groups is 1. The van der Waals surface area contributed by atoms with Gasteiger partial charge in [-0.15, -0.1) is 11.3 Å². The van der Waals surface area contributed by atoms with Gasteiger partial charge in [0, 0.05) is 31.4 Å². The molecule has 0 unspecified atom stereocenters. The van der Waals surface area contributed by atoms with Crippen LogP contribution in [-0.4, -0.2) is 51.6 Å². The molecule has 1 fully saturated rings. The number of amides is 2. The SMILES string of the molecule is C[C@H]1CN(C(=O)Nc2ccccc2)CCN1c1nc(N)nc2scnc12. The largest absolute Gasteiger partial charge is 0.368 e. The summed E-state index contributed by atoms with van der Waals surface area (Å²) in [7, 11) is 0. The Bertz CT molecular complexity index is 929. The first kappa shape index (κ1) is 16.5. The van der Waals surface area contributed by atoms with E-state index < -0.39 is 0 Å². The minimum Gasteiger partial charge on any atom is -0.368 e. The summed E-state index contributed by atoms with van der Waals surface area (Å²) < 4.78 is 0. The van der Waals surface area contributed by atoms with Crippen molar-refractivity contribution in [2.45, 2.75) is 13.0 Å². The summed E-state index contributed by atoms with van der Waals surface area (Å²) in [5, 5.41) is 2.93. The quantitative estimate of drug-likeness (QED) is 0.719. The van der Waals surface area contributed by atoms with Crippen LogP contribution in [0.2, 0.25) is 0 Å². The number of rotatable bonds is 2. The van der Waals surface area contributed by atoms with Crippen molar-refractivity contribution >= 4 is 45.2 Å². The van der Waals surface area contributed by atoms with E-state index in [0.29, 0.717) is 19.6 Å². The number of para-hydroxylation sites is 1. The third-order valence-corrected chi connectivity index (χ3v) is 5.13. The van der Waals surface area contributed by atoms with E-state index >= 15 is 0 Å². The molecule has 1 aromatic carbocycles. The molecule has 0 spiro atoms. The number of hydrogen-bond acceptors (Lipinski definition) is 7. The Kier molecular flexibility index (Phi) is 4.29. The summed E-state index contributed by atoms with van der Waals surface area (Å²) in [6, 6.07) is 9.46. The van der Waals surface area contributed by atoms with Gasteiger partial charge in [0.25, 0.3) is 0 Å². The van der Waals surface area contributed by atoms with Crippen molar-refractivity contribution in [1.82, 2.24) is 19.9 Å². The second kappa shape index (κ2) is 6.75. The van der Waals surface area contributed by atoms with E-state index in [1.807, 2.05) is 35.2 Å². The first-order valence-electron chi connectivity index (χ1n) is 8.36. The number of nitrogen functional groups attached to an aromatic ring is 1. The standard InChI is InChI=1S/C17H19N7OS/c1-11-9-23(17(25)20-12-5-3-2-4-6-12)7-8-24(11)14-13-15(26-10-19-13)22-16(18)21-14/h2-6,10-11H,7-9H2,1H3,(H,20,25)(H2,18,21,22)/t11-/m0/s1. The van der Waals surface area contributed by atoms with Gasteiger partial charge in [-0.3, -0.25) is 0 Å². The van der Waals surface area contributed by atoms with E-state index in [9.17, 15) is 4.79 Å². The molecule has 4 rings (SSSR count). The number of hydrogen-bond donors (Lipinski definition) is 2. The summed E-state index contributed by atoms with van der Waals surface area (Å²) in [6.07, 6.45) is 0. The lowest BCUT2D eigenvalue weighted by molar-refractivity contribution is 0.200. The smallest absolute Gasteiger partial charge is 0.321 e. The van der Waals surface area contributed by atoms with Crippen LogP contribution in [0.15, 0.2) is 35.8 Å². The molecule has 134 valence electrons. The monoisotopic (exact) mass is 369 g/mol. The van der Waals surface area contributed by atoms with Crippen LogP contribution in [0, 0.1) is 0 Å². The van der Waals surface area contributed by atoms with Crippen LogP contribution in [-0.2, 0) is 0 Å². The highest BCUT2D eigenvalue weighted by molar-refractivity contribution is 7.16. The lowest BCUT2D eigenvalue weighted by Crippen LogP contribution is -2.55. The predicted molar refractivity (Wildman–Crippen MR) is 103 cm³/mol. The fourth-order valence-corrected chi connectivity index (χ4v) is 3.80. The summed E-state index contributed by atoms with van der Waals surface area (Å²) in [6.45, 7) is 3.91. The normalized spacial score (nSPS) is 17.5. The van der Waals surface area contributed by atoms with Gasteiger partial charge in [-0.05, 0) is 19.1 Å². The van der Waals surface area contributed by atoms with Gasteiger partial charge in [0.2, 0.25) is 5.95 Å². The summed E-state index contributed by atoms with van der Waals surface area (Å²) in [5.74, 6) is 0.984. The van der Waals surface area contributed by atoms with E-state index in [-0.39, 0.29) is 18.0 Å². The highest BCUT2D eigenvalue weighted by Gasteiger charge is 2.29. The Morgan fingerprint density at radius 1 is 1.27 bits per heavy atom. The van der Waals surface area contributed by atoms with Crippen LogP contribution < -0.4 is 16.0 Å². The third-order valence-electron chi connectivity index (χ3n) is 4.41. The third kappa shape index (κ3) is 3.13. The van der Waals surface area contributed by atoms with Gasteiger partial charge in [0.05, 0.1) is 5.51 Å². The molecular formula is C17H19N7OS. The molecular weight excluding hydrogens is 350 g/mol. The number of fused-ring (bicyclic) bond motifs is 1. The van der Waals surface area contributed by atoms with Crippen molar-refractivity contribution in [3.63, 3.8) is 0 Å². The number of anilines is 3. The van der Waals surface area contributed by atoms with Crippen LogP contribution in [0.1, 0.15) is 6.92 Å². The van der Waals surface area contributed by atoms with Gasteiger partial charge in [-0.2, -0.15) is 4.98 Å². The first-order valence-corrected chi connectivity index (χ1v) is 9.24. The number of benzene rings is 1. The van der Waals surface area contributed by atoms with Crippen molar-refractivity contribution < 1.29 is 4.79 Å². The minimum atomic E-state index is -0.0938. The Labute approximate surface area is 154 Å². The molecule has 2 amide bonds. The molecule has 2 aromatic heterocycles. The van der Waals surface area contributed by atoms with Crippen molar-refractivity contribution in [1.29, 1.82) is 0 Å². The molecule has 3 heterocycles. The highest BCUT2D eigenvalue weighted by Crippen LogP contribution is 2.28. The van der Waals surface area contributed by atoms with Crippen LogP contribution in [0.25, 0.3) is 10.3 Å². The van der Waals surface area contributed by atoms with Gasteiger partial charge in [-0.25, -0.2) is 14.8 Å². The number of nitrogens with two attached hydrogens (primary N) is 1. The molecule has 3 aromatic rings. The van der Waals surface area contributed by atoms with E-state index in [1.165, 1.54) is 11.3 Å². The number of aromatic nitrogens is 3. The number of carbonyl (C=O) groups excluding carboxylic acids is 1. The second-order valence-corrected chi connectivity index (χ2v) is 7.03. The molecule has 8 nitrogen and oxygen atoms in total. The number of nitrogens with zero attached hydrogens (tertiary/aromatic N) is 5. The zero-order valence-corrected chi connectivity index (χ0v) is 15.1. The zero-order valence-electron chi connectivity index (χ0n) is 14.3. The molecule has 1 aliphatic heterocycles. The summed E-state index contributed by atoms with van der Waals surface area (Å²) >= 11 is 1.44. The van der Waals surface area contributed by atoms with Crippen LogP contribution >= 0.6 is 11.3 Å². The number of piperazine rings is 1. The van der Waals surface area contributed by atoms with E-state index in [0.717, 1.165) is 21.9 Å². The molecule has 0 radical (unpaired) electrons. The van der Waals surface area contributed by atoms with Crippen molar-refractivity contribution in [2.75, 3.05) is 35.6 Å². The average molecular weight is 369 g/mol. The van der Waals surface area contributed by atoms with Gasteiger partial charge < -0.3 is 20.9 Å². The minimum absolute atomic E-state index is 0.0875. The van der Waals surface area contributed by atoms with Crippen molar-refractivity contribution in [3.05, 3.63) is 35.8 Å². The Hall–Kier alpha value is -2.94. The van der Waals surface area contributed by atoms with E-state index in [1.54, 1.807) is 5.51 Å². The Morgan fingerprint density at radius 3 is 2.85 bits per heavy atom. The zero-order chi connectivity index (χ0) is 18.1. The number of urea groups is 1. The van der Waals surface area contributed by atoms with Crippen LogP contribution in [0.4, 0.5) is 22.2 Å². The summed E-state index contributed by atoms with van der Waals surface area (Å²) in [5.41, 5.74) is 9.15. The van der Waals surface area contributed by atoms with Gasteiger partial charge >= 0.3 is 6.03 Å². The van der Waals surface area contributed by atoms with Crippen molar-refractivity contribution in [2.24, 2.45) is 0 Å². The van der Waals surface area contributed by atoms with Crippen molar-refractivity contribution in [3.8, 4) is 0 Å². The lowest BCUT2D eigenvalue weighted by atomic mass is 10.2. The highest BCUT2D eigenvalue weighted by atomic mass is 32.1. The molecule has 0 saturated carbocycles. The maximum absolute atomic E-state index is 12.5. The Balaban J connectivity index is 1.50. The lowest BCUT2D eigenvalue weighted by Gasteiger charge is -2.40. The van der Waals surface area contributed by atoms with E-state index in [4.69, 9.17) is 5.73 Å². The average Bonchev–Trinajstić information content (AvgIpc) is 3.10. The molecule has 1 saturated heterocycles. The second-order valence-electron chi connectivity index (χ2n) is 6.20. The Morgan fingerprint density at radius 2 is 2.08 bits per heavy atom. The molecule has 1 aliphatic rings. The van der Waals surface area contributed by atoms with Gasteiger partial charge in [0.1, 0.15) is 5.52 Å². The summed E-state index contributed by atoms with van der Waals surface area (Å²) in [4.78, 5) is 30.3. The number of thiazole rings is 1. The predicted octanol–water partition coefficient (Wildman–Crippen LogP) is 2.41. The van der Waals surface area contributed by atoms with Crippen LogP contribution in [0.3, 0.4) is 0 Å². The molecule has 26 heavy (non-hydrogen) atoms. The topological polar surface area (TPSA) is 100 Å². The van der Waals surface area contributed by atoms with Crippen LogP contribution in [0.5, 0.6) is 0 Å².